The maximum Gasteiger partial charge on any atom is 0.261 e. The van der Waals surface area contributed by atoms with Crippen molar-refractivity contribution in [3.8, 4) is 0 Å². The van der Waals surface area contributed by atoms with Crippen LogP contribution in [0.1, 0.15) is 34.1 Å². The third-order valence-electron chi connectivity index (χ3n) is 7.60. The molecule has 4 rings (SSSR count). The Hall–Kier alpha value is -2.55. The van der Waals surface area contributed by atoms with Crippen LogP contribution in [0.5, 0.6) is 0 Å². The van der Waals surface area contributed by atoms with E-state index in [4.69, 9.17) is 9.16 Å². The standard InChI is InChI=1S/C32H40O5SSi/c1-5-25(24-38(34,35)27-15-9-6-10-16-27)31-30(33)22-21-26(37-31)23-36-39(32(2,3)4,28-17-11-7-12-18-28)29-19-13-8-14-20-29/h6-22,25-26,30-31,33H,5,23-24H2,1-4H3/t25?,26-,30+,31?/m0/s1. The Kier molecular flexibility index (Phi) is 9.29. The molecule has 0 fully saturated rings. The Balaban J connectivity index is 1.59. The van der Waals surface area contributed by atoms with Gasteiger partial charge in [-0.05, 0) is 34.0 Å². The summed E-state index contributed by atoms with van der Waals surface area (Å²) in [4.78, 5) is 0.288. The van der Waals surface area contributed by atoms with E-state index >= 15 is 0 Å². The van der Waals surface area contributed by atoms with Gasteiger partial charge in [0.2, 0.25) is 0 Å². The molecule has 1 aliphatic heterocycles. The van der Waals surface area contributed by atoms with Gasteiger partial charge in [-0.3, -0.25) is 0 Å². The highest BCUT2D eigenvalue weighted by molar-refractivity contribution is 7.91. The molecule has 39 heavy (non-hydrogen) atoms. The molecule has 0 spiro atoms. The monoisotopic (exact) mass is 564 g/mol. The van der Waals surface area contributed by atoms with Crippen molar-refractivity contribution in [1.29, 1.82) is 0 Å². The lowest BCUT2D eigenvalue weighted by molar-refractivity contribution is -0.0924. The van der Waals surface area contributed by atoms with E-state index in [1.807, 2.05) is 25.1 Å². The van der Waals surface area contributed by atoms with Gasteiger partial charge >= 0.3 is 0 Å². The molecule has 1 heterocycles. The Morgan fingerprint density at radius 2 is 1.38 bits per heavy atom. The maximum atomic E-state index is 13.1. The van der Waals surface area contributed by atoms with Crippen LogP contribution in [0.4, 0.5) is 0 Å². The van der Waals surface area contributed by atoms with Gasteiger partial charge in [-0.2, -0.15) is 0 Å². The first-order valence-electron chi connectivity index (χ1n) is 13.6. The molecule has 1 N–H and O–H groups in total. The van der Waals surface area contributed by atoms with Gasteiger partial charge in [-0.1, -0.05) is 119 Å². The molecule has 0 radical (unpaired) electrons. The highest BCUT2D eigenvalue weighted by Crippen LogP contribution is 2.37. The maximum absolute atomic E-state index is 13.1. The van der Waals surface area contributed by atoms with E-state index in [2.05, 4.69) is 69.3 Å². The first kappa shape index (κ1) is 29.4. The summed E-state index contributed by atoms with van der Waals surface area (Å²) < 4.78 is 39.7. The van der Waals surface area contributed by atoms with Crippen molar-refractivity contribution >= 4 is 28.5 Å². The molecule has 208 valence electrons. The fourth-order valence-corrected chi connectivity index (χ4v) is 11.9. The van der Waals surface area contributed by atoms with Gasteiger partial charge < -0.3 is 14.3 Å². The van der Waals surface area contributed by atoms with Gasteiger partial charge in [0.05, 0.1) is 35.6 Å². The predicted molar refractivity (Wildman–Crippen MR) is 160 cm³/mol. The van der Waals surface area contributed by atoms with Gasteiger partial charge in [-0.15, -0.1) is 0 Å². The quantitative estimate of drug-likeness (QED) is 0.284. The Morgan fingerprint density at radius 3 is 1.87 bits per heavy atom. The van der Waals surface area contributed by atoms with Crippen molar-refractivity contribution < 1.29 is 22.7 Å². The van der Waals surface area contributed by atoms with E-state index in [9.17, 15) is 13.5 Å². The number of benzene rings is 3. The van der Waals surface area contributed by atoms with Crippen LogP contribution < -0.4 is 10.4 Å². The van der Waals surface area contributed by atoms with E-state index in [0.29, 0.717) is 13.0 Å². The second kappa shape index (κ2) is 12.3. The highest BCUT2D eigenvalue weighted by Gasteiger charge is 2.50. The third-order valence-corrected chi connectivity index (χ3v) is 14.5. The predicted octanol–water partition coefficient (Wildman–Crippen LogP) is 4.75. The average Bonchev–Trinajstić information content (AvgIpc) is 2.94. The normalized spacial score (nSPS) is 21.0. The summed E-state index contributed by atoms with van der Waals surface area (Å²) in [6.07, 6.45) is 2.19. The van der Waals surface area contributed by atoms with Crippen molar-refractivity contribution in [3.63, 3.8) is 0 Å². The molecular weight excluding hydrogens is 525 g/mol. The number of hydrogen-bond acceptors (Lipinski definition) is 5. The van der Waals surface area contributed by atoms with Gasteiger partial charge in [0.15, 0.2) is 9.84 Å². The molecule has 0 bridgehead atoms. The average molecular weight is 565 g/mol. The van der Waals surface area contributed by atoms with Crippen LogP contribution in [0.15, 0.2) is 108 Å². The summed E-state index contributed by atoms with van der Waals surface area (Å²) >= 11 is 0. The van der Waals surface area contributed by atoms with Crippen LogP contribution in [0, 0.1) is 5.92 Å². The minimum absolute atomic E-state index is 0.0919. The zero-order valence-electron chi connectivity index (χ0n) is 23.2. The van der Waals surface area contributed by atoms with E-state index in [1.54, 1.807) is 36.4 Å². The van der Waals surface area contributed by atoms with Crippen LogP contribution in [0.2, 0.25) is 5.04 Å². The van der Waals surface area contributed by atoms with Crippen LogP contribution in [-0.4, -0.2) is 52.5 Å². The molecule has 1 aliphatic rings. The molecular formula is C32H40O5SSi. The molecule has 2 unspecified atom stereocenters. The van der Waals surface area contributed by atoms with Crippen molar-refractivity contribution in [2.24, 2.45) is 5.92 Å². The third kappa shape index (κ3) is 6.44. The summed E-state index contributed by atoms with van der Waals surface area (Å²) in [5.74, 6) is -0.462. The summed E-state index contributed by atoms with van der Waals surface area (Å²) in [6, 6.07) is 29.3. The molecule has 0 saturated heterocycles. The first-order valence-corrected chi connectivity index (χ1v) is 17.2. The van der Waals surface area contributed by atoms with Gasteiger partial charge in [0.1, 0.15) is 0 Å². The summed E-state index contributed by atoms with van der Waals surface area (Å²) in [5.41, 5.74) is 0. The van der Waals surface area contributed by atoms with Gasteiger partial charge in [-0.25, -0.2) is 8.42 Å². The van der Waals surface area contributed by atoms with E-state index in [1.165, 1.54) is 10.4 Å². The Bertz CT molecular complexity index is 1280. The molecule has 4 atom stereocenters. The molecule has 0 amide bonds. The van der Waals surface area contributed by atoms with Crippen molar-refractivity contribution in [3.05, 3.63) is 103 Å². The molecule has 0 aromatic heterocycles. The smallest absolute Gasteiger partial charge is 0.261 e. The zero-order chi connectivity index (χ0) is 28.1. The fourth-order valence-electron chi connectivity index (χ4n) is 5.58. The van der Waals surface area contributed by atoms with Crippen LogP contribution in [0.3, 0.4) is 0 Å². The number of hydrogen-bond donors (Lipinski definition) is 1. The lowest BCUT2D eigenvalue weighted by atomic mass is 9.94. The summed E-state index contributed by atoms with van der Waals surface area (Å²) in [7, 11) is -6.29. The first-order chi connectivity index (χ1) is 18.6. The largest absolute Gasteiger partial charge is 0.404 e. The minimum Gasteiger partial charge on any atom is -0.404 e. The van der Waals surface area contributed by atoms with Gasteiger partial charge in [0, 0.05) is 5.92 Å². The Morgan fingerprint density at radius 1 is 0.872 bits per heavy atom. The highest BCUT2D eigenvalue weighted by atomic mass is 32.2. The van der Waals surface area contributed by atoms with Crippen molar-refractivity contribution in [1.82, 2.24) is 0 Å². The van der Waals surface area contributed by atoms with E-state index in [0.717, 1.165) is 0 Å². The molecule has 5 nitrogen and oxygen atoms in total. The van der Waals surface area contributed by atoms with Gasteiger partial charge in [0.25, 0.3) is 8.32 Å². The number of ether oxygens (including phenoxy) is 1. The Labute approximate surface area is 234 Å². The molecule has 0 saturated carbocycles. The summed E-state index contributed by atoms with van der Waals surface area (Å²) in [5, 5.41) is 13.0. The second-order valence-corrected chi connectivity index (χ2v) is 17.6. The minimum atomic E-state index is -3.53. The fraction of sp³-hybridized carbons (Fsp3) is 0.375. The van der Waals surface area contributed by atoms with Crippen LogP contribution in [-0.2, 0) is 19.0 Å². The lowest BCUT2D eigenvalue weighted by Crippen LogP contribution is -2.67. The topological polar surface area (TPSA) is 72.8 Å². The second-order valence-electron chi connectivity index (χ2n) is 11.3. The number of aliphatic hydroxyl groups excluding tert-OH is 1. The van der Waals surface area contributed by atoms with E-state index in [-0.39, 0.29) is 21.6 Å². The molecule has 0 aliphatic carbocycles. The molecule has 3 aromatic rings. The van der Waals surface area contributed by atoms with Crippen molar-refractivity contribution in [2.45, 2.75) is 62.4 Å². The zero-order valence-corrected chi connectivity index (χ0v) is 25.1. The van der Waals surface area contributed by atoms with Crippen LogP contribution >= 0.6 is 0 Å². The van der Waals surface area contributed by atoms with Crippen LogP contribution in [0.25, 0.3) is 0 Å². The lowest BCUT2D eigenvalue weighted by Gasteiger charge is -2.44. The van der Waals surface area contributed by atoms with Crippen molar-refractivity contribution in [2.75, 3.05) is 12.4 Å². The SMILES string of the molecule is CCC(CS(=O)(=O)c1ccccc1)C1O[C@H](CO[Si](c2ccccc2)(c2ccccc2)C(C)(C)C)C=C[C@H]1O. The molecule has 3 aromatic carbocycles. The number of aliphatic hydroxyl groups is 1. The molecule has 7 heteroatoms. The number of sulfone groups is 1. The summed E-state index contributed by atoms with van der Waals surface area (Å²) in [6.45, 7) is 8.92. The van der Waals surface area contributed by atoms with E-state index < -0.39 is 36.5 Å². The number of rotatable bonds is 10.